The second-order valence-corrected chi connectivity index (χ2v) is 14.3. The van der Waals surface area contributed by atoms with Crippen LogP contribution in [0.3, 0.4) is 0 Å². The molecule has 0 unspecified atom stereocenters. The van der Waals surface area contributed by atoms with Crippen LogP contribution in [-0.4, -0.2) is 69.1 Å². The fourth-order valence-electron chi connectivity index (χ4n) is 5.32. The van der Waals surface area contributed by atoms with Gasteiger partial charge < -0.3 is 29.5 Å². The zero-order valence-corrected chi connectivity index (χ0v) is 30.9. The Morgan fingerprint density at radius 3 is 1.90 bits per heavy atom. The summed E-state index contributed by atoms with van der Waals surface area (Å²) in [6, 6.07) is 11.0. The molecule has 0 bridgehead atoms. The van der Waals surface area contributed by atoms with E-state index in [4.69, 9.17) is 18.9 Å². The van der Waals surface area contributed by atoms with Gasteiger partial charge in [0.15, 0.2) is 23.0 Å². The molecule has 0 aliphatic carbocycles. The normalized spacial score (nSPS) is 16.9. The van der Waals surface area contributed by atoms with Gasteiger partial charge in [0.25, 0.3) is 5.91 Å². The Bertz CT molecular complexity index is 1620. The summed E-state index contributed by atoms with van der Waals surface area (Å²) in [4.78, 5) is 63.5. The Morgan fingerprint density at radius 1 is 0.863 bits per heavy atom. The minimum atomic E-state index is -1.05. The van der Waals surface area contributed by atoms with Gasteiger partial charge in [0.05, 0.1) is 18.7 Å². The number of aromatic carboxylic acids is 1. The molecule has 1 aliphatic heterocycles. The summed E-state index contributed by atoms with van der Waals surface area (Å²) in [7, 11) is 0. The number of rotatable bonds is 18. The van der Waals surface area contributed by atoms with Crippen LogP contribution in [0.25, 0.3) is 0 Å². The average Bonchev–Trinajstić information content (AvgIpc) is 3.45. The molecular weight excluding hydrogens is 656 g/mol. The van der Waals surface area contributed by atoms with Crippen LogP contribution < -0.4 is 10.6 Å². The third kappa shape index (κ3) is 12.3. The zero-order chi connectivity index (χ0) is 37.9. The maximum Gasteiger partial charge on any atom is 0.358 e. The van der Waals surface area contributed by atoms with Crippen LogP contribution in [-0.2, 0) is 25.5 Å². The van der Waals surface area contributed by atoms with Crippen molar-refractivity contribution in [1.29, 1.82) is 0 Å². The summed E-state index contributed by atoms with van der Waals surface area (Å²) >= 11 is 0. The standard InChI is InChI=1S/C31H43N3O6.C7H9NO3/c1-7-11-23(32-30(38)25-17-27(20(4)5)40-34-25)26(35)16-22(15-21-12-9-8-10-13-21)29(37)33-24(14-19(2)3)28(36)31(6)18-39-31;1-4(2)6-3-5(7(9)10)8-11-6/h8-10,12-13,17,19-20,22-24H,7,11,14-16,18H2,1-6H3,(H,32,38)(H,33,37);3-4H,1-2H3,(H,9,10)/t22-,23+,24+,31-;/m1./s1. The first-order chi connectivity index (χ1) is 24.0. The highest BCUT2D eigenvalue weighted by molar-refractivity contribution is 5.99. The van der Waals surface area contributed by atoms with Crippen molar-refractivity contribution in [3.8, 4) is 0 Å². The van der Waals surface area contributed by atoms with Crippen LogP contribution >= 0.6 is 0 Å². The van der Waals surface area contributed by atoms with Crippen LogP contribution in [0.4, 0.5) is 0 Å². The second-order valence-electron chi connectivity index (χ2n) is 14.3. The highest BCUT2D eigenvalue weighted by Gasteiger charge is 2.50. The van der Waals surface area contributed by atoms with Crippen LogP contribution in [0, 0.1) is 11.8 Å². The average molecular weight is 709 g/mol. The molecular formula is C38H52N4O9. The van der Waals surface area contributed by atoms with E-state index < -0.39 is 35.5 Å². The van der Waals surface area contributed by atoms with E-state index in [-0.39, 0.29) is 53.0 Å². The Labute approximate surface area is 299 Å². The number of epoxide rings is 1. The number of benzene rings is 1. The predicted octanol–water partition coefficient (Wildman–Crippen LogP) is 5.90. The van der Waals surface area contributed by atoms with Gasteiger partial charge in [0, 0.05) is 36.3 Å². The van der Waals surface area contributed by atoms with Gasteiger partial charge in [-0.2, -0.15) is 0 Å². The van der Waals surface area contributed by atoms with Crippen LogP contribution in [0.1, 0.15) is 131 Å². The van der Waals surface area contributed by atoms with E-state index in [2.05, 4.69) is 20.9 Å². The first kappa shape index (κ1) is 40.8. The van der Waals surface area contributed by atoms with E-state index in [0.717, 1.165) is 5.56 Å². The van der Waals surface area contributed by atoms with E-state index >= 15 is 0 Å². The largest absolute Gasteiger partial charge is 0.476 e. The van der Waals surface area contributed by atoms with E-state index in [1.807, 2.05) is 78.8 Å². The molecule has 13 nitrogen and oxygen atoms in total. The molecule has 3 heterocycles. The Morgan fingerprint density at radius 2 is 1.43 bits per heavy atom. The smallest absolute Gasteiger partial charge is 0.358 e. The molecule has 0 spiro atoms. The van der Waals surface area contributed by atoms with Crippen LogP contribution in [0.2, 0.25) is 0 Å². The Kier molecular flexibility index (Phi) is 14.8. The quantitative estimate of drug-likeness (QED) is 0.133. The summed E-state index contributed by atoms with van der Waals surface area (Å²) < 4.78 is 15.4. The molecule has 1 fully saturated rings. The highest BCUT2D eigenvalue weighted by Crippen LogP contribution is 2.30. The van der Waals surface area contributed by atoms with Gasteiger partial charge in [-0.15, -0.1) is 0 Å². The third-order valence-electron chi connectivity index (χ3n) is 8.50. The fraction of sp³-hybridized carbons (Fsp3) is 0.553. The van der Waals surface area contributed by atoms with Crippen molar-refractivity contribution >= 4 is 29.4 Å². The lowest BCUT2D eigenvalue weighted by atomic mass is 9.88. The molecule has 0 saturated carbocycles. The van der Waals surface area contributed by atoms with E-state index in [1.54, 1.807) is 13.0 Å². The fourth-order valence-corrected chi connectivity index (χ4v) is 5.32. The van der Waals surface area contributed by atoms with Crippen molar-refractivity contribution in [2.24, 2.45) is 11.8 Å². The molecule has 3 N–H and O–H groups in total. The number of nitrogens with one attached hydrogen (secondary N) is 2. The van der Waals surface area contributed by atoms with Gasteiger partial charge in [0.2, 0.25) is 5.91 Å². The summed E-state index contributed by atoms with van der Waals surface area (Å²) in [5.41, 5.74) is 0.111. The molecule has 0 radical (unpaired) electrons. The van der Waals surface area contributed by atoms with Crippen molar-refractivity contribution in [2.45, 2.75) is 117 Å². The van der Waals surface area contributed by atoms with Gasteiger partial charge in [-0.25, -0.2) is 4.79 Å². The molecule has 1 aliphatic rings. The lowest BCUT2D eigenvalue weighted by Gasteiger charge is -2.25. The van der Waals surface area contributed by atoms with Gasteiger partial charge in [-0.1, -0.05) is 95.5 Å². The molecule has 4 rings (SSSR count). The maximum absolute atomic E-state index is 13.7. The number of carboxylic acids is 1. The number of carbonyl (C=O) groups is 5. The summed E-state index contributed by atoms with van der Waals surface area (Å²) in [5.74, 6) is -1.43. The van der Waals surface area contributed by atoms with Crippen molar-refractivity contribution in [2.75, 3.05) is 6.61 Å². The van der Waals surface area contributed by atoms with Gasteiger partial charge >= 0.3 is 5.97 Å². The van der Waals surface area contributed by atoms with Crippen molar-refractivity contribution < 1.29 is 42.9 Å². The number of amides is 2. The minimum absolute atomic E-state index is 0.0336. The maximum atomic E-state index is 13.7. The highest BCUT2D eigenvalue weighted by atomic mass is 16.6. The molecule has 4 atom stereocenters. The number of carboxylic acid groups (broad SMARTS) is 1. The molecule has 3 aromatic rings. The Hall–Kier alpha value is -4.65. The summed E-state index contributed by atoms with van der Waals surface area (Å²) in [6.07, 6.45) is 1.79. The number of carbonyl (C=O) groups excluding carboxylic acids is 4. The number of hydrogen-bond donors (Lipinski definition) is 3. The third-order valence-corrected chi connectivity index (χ3v) is 8.50. The molecule has 51 heavy (non-hydrogen) atoms. The second kappa shape index (κ2) is 18.5. The van der Waals surface area contributed by atoms with Gasteiger partial charge in [-0.05, 0) is 37.7 Å². The zero-order valence-electron chi connectivity index (χ0n) is 30.9. The first-order valence-electron chi connectivity index (χ1n) is 17.6. The molecule has 13 heteroatoms. The van der Waals surface area contributed by atoms with Gasteiger partial charge in [0.1, 0.15) is 17.1 Å². The number of ketones is 2. The molecule has 1 aromatic carbocycles. The van der Waals surface area contributed by atoms with Crippen molar-refractivity contribution in [3.63, 3.8) is 0 Å². The van der Waals surface area contributed by atoms with E-state index in [0.29, 0.717) is 43.8 Å². The molecule has 2 aromatic heterocycles. The SMILES string of the molecule is CC(C)c1cc(C(=O)O)no1.CCC[C@H](NC(=O)c1cc(C(C)C)on1)C(=O)C[C@@H](Cc1ccccc1)C(=O)N[C@@H](CC(C)C)C(=O)[C@@]1(C)CO1. The van der Waals surface area contributed by atoms with Gasteiger partial charge in [-0.3, -0.25) is 19.2 Å². The van der Waals surface area contributed by atoms with E-state index in [1.165, 1.54) is 6.07 Å². The lowest BCUT2D eigenvalue weighted by Crippen LogP contribution is -2.49. The summed E-state index contributed by atoms with van der Waals surface area (Å²) in [5, 5.41) is 21.4. The molecule has 2 amide bonds. The van der Waals surface area contributed by atoms with Crippen LogP contribution in [0.5, 0.6) is 0 Å². The minimum Gasteiger partial charge on any atom is -0.476 e. The first-order valence-corrected chi connectivity index (χ1v) is 17.6. The number of aromatic nitrogens is 2. The number of ether oxygens (including phenoxy) is 1. The number of Topliss-reactive ketones (excluding diaryl/α,β-unsaturated/α-hetero) is 2. The monoisotopic (exact) mass is 708 g/mol. The number of hydrogen-bond acceptors (Lipinski definition) is 10. The van der Waals surface area contributed by atoms with Crippen molar-refractivity contribution in [3.05, 3.63) is 70.9 Å². The Balaban J connectivity index is 0.000000542. The summed E-state index contributed by atoms with van der Waals surface area (Å²) in [6.45, 7) is 15.7. The lowest BCUT2D eigenvalue weighted by molar-refractivity contribution is -0.134. The van der Waals surface area contributed by atoms with Crippen molar-refractivity contribution in [1.82, 2.24) is 20.9 Å². The predicted molar refractivity (Wildman–Crippen MR) is 188 cm³/mol. The molecule has 1 saturated heterocycles. The van der Waals surface area contributed by atoms with E-state index in [9.17, 15) is 24.0 Å². The number of nitrogens with zero attached hydrogens (tertiary/aromatic N) is 2. The molecule has 278 valence electrons. The topological polar surface area (TPSA) is 194 Å². The van der Waals surface area contributed by atoms with Crippen LogP contribution in [0.15, 0.2) is 51.5 Å².